The molecule has 0 saturated heterocycles. The molecule has 0 aromatic heterocycles. The Morgan fingerprint density at radius 1 is 1.17 bits per heavy atom. The average molecular weight is 311 g/mol. The van der Waals surface area contributed by atoms with Crippen molar-refractivity contribution in [3.8, 4) is 11.5 Å². The number of benzene rings is 2. The molecule has 0 aliphatic carbocycles. The van der Waals surface area contributed by atoms with Crippen molar-refractivity contribution in [1.29, 1.82) is 0 Å². The number of hydrogen-bond acceptors (Lipinski definition) is 2. The van der Waals surface area contributed by atoms with Crippen molar-refractivity contribution in [3.05, 3.63) is 57.8 Å². The van der Waals surface area contributed by atoms with E-state index < -0.39 is 5.82 Å². The molecule has 4 heteroatoms. The van der Waals surface area contributed by atoms with Crippen molar-refractivity contribution in [2.75, 3.05) is 0 Å². The van der Waals surface area contributed by atoms with Crippen LogP contribution in [-0.4, -0.2) is 5.11 Å². The SMILES string of the molecule is Cc1ccc(F)c(Oc2cc(Br)ccc2CO)c1. The smallest absolute Gasteiger partial charge is 0.165 e. The maximum absolute atomic E-state index is 13.6. The summed E-state index contributed by atoms with van der Waals surface area (Å²) in [5, 5.41) is 9.22. The Morgan fingerprint density at radius 3 is 2.67 bits per heavy atom. The monoisotopic (exact) mass is 310 g/mol. The highest BCUT2D eigenvalue weighted by Crippen LogP contribution is 2.30. The van der Waals surface area contributed by atoms with Crippen molar-refractivity contribution in [1.82, 2.24) is 0 Å². The number of aliphatic hydroxyl groups is 1. The van der Waals surface area contributed by atoms with Crippen molar-refractivity contribution in [2.45, 2.75) is 13.5 Å². The van der Waals surface area contributed by atoms with Crippen molar-refractivity contribution < 1.29 is 14.2 Å². The van der Waals surface area contributed by atoms with Gasteiger partial charge in [-0.05, 0) is 36.8 Å². The Morgan fingerprint density at radius 2 is 1.94 bits per heavy atom. The van der Waals surface area contributed by atoms with Gasteiger partial charge in [-0.1, -0.05) is 28.1 Å². The molecule has 2 nitrogen and oxygen atoms in total. The second-order valence-corrected chi connectivity index (χ2v) is 4.86. The van der Waals surface area contributed by atoms with Crippen LogP contribution in [0.4, 0.5) is 4.39 Å². The molecule has 0 saturated carbocycles. The van der Waals surface area contributed by atoms with Crippen LogP contribution in [0.1, 0.15) is 11.1 Å². The van der Waals surface area contributed by atoms with E-state index in [2.05, 4.69) is 15.9 Å². The van der Waals surface area contributed by atoms with Gasteiger partial charge in [-0.2, -0.15) is 0 Å². The number of aliphatic hydroxyl groups excluding tert-OH is 1. The van der Waals surface area contributed by atoms with Gasteiger partial charge in [0.15, 0.2) is 11.6 Å². The van der Waals surface area contributed by atoms with Crippen molar-refractivity contribution in [3.63, 3.8) is 0 Å². The van der Waals surface area contributed by atoms with Gasteiger partial charge in [0.05, 0.1) is 6.61 Å². The van der Waals surface area contributed by atoms with E-state index in [9.17, 15) is 9.50 Å². The number of aryl methyl sites for hydroxylation is 1. The van der Waals surface area contributed by atoms with E-state index in [1.807, 2.05) is 6.92 Å². The Bertz CT molecular complexity index is 570. The van der Waals surface area contributed by atoms with E-state index in [1.165, 1.54) is 6.07 Å². The van der Waals surface area contributed by atoms with Gasteiger partial charge in [0, 0.05) is 10.0 Å². The Balaban J connectivity index is 2.38. The van der Waals surface area contributed by atoms with E-state index in [-0.39, 0.29) is 12.4 Å². The van der Waals surface area contributed by atoms with Crippen LogP contribution < -0.4 is 4.74 Å². The van der Waals surface area contributed by atoms with E-state index in [0.29, 0.717) is 11.3 Å². The quantitative estimate of drug-likeness (QED) is 0.921. The number of halogens is 2. The molecule has 0 bridgehead atoms. The standard InChI is InChI=1S/C14H12BrFO2/c1-9-2-5-12(16)14(6-9)18-13-7-11(15)4-3-10(13)8-17/h2-7,17H,8H2,1H3. The Labute approximate surface area is 113 Å². The molecule has 18 heavy (non-hydrogen) atoms. The third-order valence-corrected chi connectivity index (χ3v) is 3.00. The second kappa shape index (κ2) is 5.50. The highest BCUT2D eigenvalue weighted by atomic mass is 79.9. The fourth-order valence-electron chi connectivity index (χ4n) is 1.56. The summed E-state index contributed by atoms with van der Waals surface area (Å²) in [5.41, 5.74) is 1.52. The topological polar surface area (TPSA) is 29.5 Å². The summed E-state index contributed by atoms with van der Waals surface area (Å²) in [6, 6.07) is 9.89. The first-order valence-electron chi connectivity index (χ1n) is 5.43. The van der Waals surface area contributed by atoms with Crippen LogP contribution in [0.25, 0.3) is 0 Å². The van der Waals surface area contributed by atoms with Gasteiger partial charge in [0.2, 0.25) is 0 Å². The highest BCUT2D eigenvalue weighted by Gasteiger charge is 2.09. The molecule has 2 aromatic rings. The van der Waals surface area contributed by atoms with Crippen LogP contribution in [0.5, 0.6) is 11.5 Å². The average Bonchev–Trinajstić information content (AvgIpc) is 2.34. The number of rotatable bonds is 3. The zero-order chi connectivity index (χ0) is 13.1. The van der Waals surface area contributed by atoms with Gasteiger partial charge in [0.1, 0.15) is 5.75 Å². The lowest BCUT2D eigenvalue weighted by Gasteiger charge is -2.11. The summed E-state index contributed by atoms with van der Waals surface area (Å²) in [4.78, 5) is 0. The highest BCUT2D eigenvalue weighted by molar-refractivity contribution is 9.10. The molecule has 1 N–H and O–H groups in total. The molecule has 0 aliphatic heterocycles. The van der Waals surface area contributed by atoms with Gasteiger partial charge >= 0.3 is 0 Å². The fourth-order valence-corrected chi connectivity index (χ4v) is 1.90. The largest absolute Gasteiger partial charge is 0.454 e. The van der Waals surface area contributed by atoms with Gasteiger partial charge in [0.25, 0.3) is 0 Å². The van der Waals surface area contributed by atoms with E-state index in [0.717, 1.165) is 10.0 Å². The lowest BCUT2D eigenvalue weighted by Crippen LogP contribution is -1.94. The minimum atomic E-state index is -0.426. The second-order valence-electron chi connectivity index (χ2n) is 3.95. The Hall–Kier alpha value is -1.39. The zero-order valence-corrected chi connectivity index (χ0v) is 11.4. The molecular formula is C14H12BrFO2. The molecule has 0 spiro atoms. The molecule has 0 amide bonds. The fraction of sp³-hybridized carbons (Fsp3) is 0.143. The van der Waals surface area contributed by atoms with Crippen LogP contribution in [-0.2, 0) is 6.61 Å². The normalized spacial score (nSPS) is 10.4. The molecule has 0 fully saturated rings. The summed E-state index contributed by atoms with van der Waals surface area (Å²) in [6.07, 6.45) is 0. The summed E-state index contributed by atoms with van der Waals surface area (Å²) in [6.45, 7) is 1.70. The van der Waals surface area contributed by atoms with E-state index >= 15 is 0 Å². The summed E-state index contributed by atoms with van der Waals surface area (Å²) in [7, 11) is 0. The van der Waals surface area contributed by atoms with Crippen molar-refractivity contribution >= 4 is 15.9 Å². The first-order chi connectivity index (χ1) is 8.60. The van der Waals surface area contributed by atoms with Crippen LogP contribution >= 0.6 is 15.9 Å². The summed E-state index contributed by atoms with van der Waals surface area (Å²) < 4.78 is 19.9. The lowest BCUT2D eigenvalue weighted by molar-refractivity contribution is 0.276. The molecule has 2 rings (SSSR count). The summed E-state index contributed by atoms with van der Waals surface area (Å²) >= 11 is 3.32. The maximum Gasteiger partial charge on any atom is 0.165 e. The third kappa shape index (κ3) is 2.89. The molecule has 0 radical (unpaired) electrons. The number of hydrogen-bond donors (Lipinski definition) is 1. The molecule has 0 aliphatic rings. The van der Waals surface area contributed by atoms with Crippen LogP contribution in [0.2, 0.25) is 0 Å². The molecular weight excluding hydrogens is 299 g/mol. The van der Waals surface area contributed by atoms with Gasteiger partial charge in [-0.25, -0.2) is 4.39 Å². The van der Waals surface area contributed by atoms with Crippen molar-refractivity contribution in [2.24, 2.45) is 0 Å². The van der Waals surface area contributed by atoms with Crippen LogP contribution in [0.15, 0.2) is 40.9 Å². The lowest BCUT2D eigenvalue weighted by atomic mass is 10.2. The predicted molar refractivity (Wildman–Crippen MR) is 71.3 cm³/mol. The van der Waals surface area contributed by atoms with E-state index in [1.54, 1.807) is 30.3 Å². The molecule has 94 valence electrons. The first kappa shape index (κ1) is 13.1. The van der Waals surface area contributed by atoms with E-state index in [4.69, 9.17) is 4.74 Å². The Kier molecular flexibility index (Phi) is 3.99. The maximum atomic E-state index is 13.6. The van der Waals surface area contributed by atoms with Gasteiger partial charge < -0.3 is 9.84 Å². The predicted octanol–water partition coefficient (Wildman–Crippen LogP) is 4.18. The minimum Gasteiger partial charge on any atom is -0.454 e. The molecule has 0 heterocycles. The minimum absolute atomic E-state index is 0.155. The third-order valence-electron chi connectivity index (χ3n) is 2.51. The number of ether oxygens (including phenoxy) is 1. The summed E-state index contributed by atoms with van der Waals surface area (Å²) in [5.74, 6) is 0.170. The van der Waals surface area contributed by atoms with Crippen LogP contribution in [0, 0.1) is 12.7 Å². The van der Waals surface area contributed by atoms with Crippen LogP contribution in [0.3, 0.4) is 0 Å². The van der Waals surface area contributed by atoms with Gasteiger partial charge in [-0.3, -0.25) is 0 Å². The molecule has 2 aromatic carbocycles. The first-order valence-corrected chi connectivity index (χ1v) is 6.23. The molecule has 0 unspecified atom stereocenters. The van der Waals surface area contributed by atoms with Gasteiger partial charge in [-0.15, -0.1) is 0 Å². The molecule has 0 atom stereocenters. The zero-order valence-electron chi connectivity index (χ0n) is 9.78.